The van der Waals surface area contributed by atoms with E-state index in [2.05, 4.69) is 10.4 Å². The third-order valence-corrected chi connectivity index (χ3v) is 4.87. The number of nitrogen functional groups attached to an aromatic ring is 1. The SMILES string of the molecule is Cn1ncc(CNC(=O)CC2CC3CCC2C3)c1N. The molecule has 2 aliphatic carbocycles. The second-order valence-corrected chi connectivity index (χ2v) is 6.09. The summed E-state index contributed by atoms with van der Waals surface area (Å²) in [7, 11) is 1.80. The number of carbonyl (C=O) groups is 1. The third-order valence-electron chi connectivity index (χ3n) is 4.87. The molecule has 104 valence electrons. The van der Waals surface area contributed by atoms with Crippen molar-refractivity contribution in [3.8, 4) is 0 Å². The van der Waals surface area contributed by atoms with Crippen LogP contribution in [0.5, 0.6) is 0 Å². The minimum absolute atomic E-state index is 0.154. The number of fused-ring (bicyclic) bond motifs is 2. The largest absolute Gasteiger partial charge is 0.384 e. The average molecular weight is 262 g/mol. The molecule has 3 atom stereocenters. The van der Waals surface area contributed by atoms with Crippen molar-refractivity contribution in [1.82, 2.24) is 15.1 Å². The second-order valence-electron chi connectivity index (χ2n) is 6.09. The van der Waals surface area contributed by atoms with Gasteiger partial charge in [0.25, 0.3) is 0 Å². The van der Waals surface area contributed by atoms with E-state index in [1.807, 2.05) is 0 Å². The highest BCUT2D eigenvalue weighted by molar-refractivity contribution is 5.76. The molecular formula is C14H22N4O. The molecule has 2 fully saturated rings. The van der Waals surface area contributed by atoms with Crippen LogP contribution in [0.1, 0.15) is 37.7 Å². The minimum atomic E-state index is 0.154. The Morgan fingerprint density at radius 3 is 2.95 bits per heavy atom. The zero-order chi connectivity index (χ0) is 13.4. The van der Waals surface area contributed by atoms with Gasteiger partial charge in [0.2, 0.25) is 5.91 Å². The number of rotatable bonds is 4. The van der Waals surface area contributed by atoms with Crippen molar-refractivity contribution in [2.24, 2.45) is 24.8 Å². The van der Waals surface area contributed by atoms with Crippen molar-refractivity contribution in [2.75, 3.05) is 5.73 Å². The Morgan fingerprint density at radius 1 is 1.53 bits per heavy atom. The summed E-state index contributed by atoms with van der Waals surface area (Å²) in [6, 6.07) is 0. The Labute approximate surface area is 113 Å². The predicted octanol–water partition coefficient (Wildman–Crippen LogP) is 1.44. The lowest BCUT2D eigenvalue weighted by Crippen LogP contribution is -2.27. The average Bonchev–Trinajstić information content (AvgIpc) is 3.06. The van der Waals surface area contributed by atoms with E-state index < -0.39 is 0 Å². The second kappa shape index (κ2) is 4.87. The normalized spacial score (nSPS) is 28.8. The first-order valence-electron chi connectivity index (χ1n) is 7.16. The number of hydrogen-bond donors (Lipinski definition) is 2. The monoisotopic (exact) mass is 262 g/mol. The lowest BCUT2D eigenvalue weighted by atomic mass is 9.86. The Kier molecular flexibility index (Phi) is 3.21. The maximum absolute atomic E-state index is 12.0. The molecule has 1 aromatic heterocycles. The zero-order valence-electron chi connectivity index (χ0n) is 11.4. The van der Waals surface area contributed by atoms with Gasteiger partial charge in [-0.05, 0) is 37.0 Å². The molecule has 2 bridgehead atoms. The maximum Gasteiger partial charge on any atom is 0.220 e. The molecule has 0 aliphatic heterocycles. The lowest BCUT2D eigenvalue weighted by Gasteiger charge is -2.20. The van der Waals surface area contributed by atoms with Crippen LogP contribution in [0, 0.1) is 17.8 Å². The molecule has 1 amide bonds. The minimum Gasteiger partial charge on any atom is -0.384 e. The number of nitrogens with two attached hydrogens (primary N) is 1. The van der Waals surface area contributed by atoms with Gasteiger partial charge < -0.3 is 11.1 Å². The van der Waals surface area contributed by atoms with Crippen LogP contribution in [-0.4, -0.2) is 15.7 Å². The van der Waals surface area contributed by atoms with Crippen LogP contribution in [0.2, 0.25) is 0 Å². The van der Waals surface area contributed by atoms with Gasteiger partial charge in [-0.15, -0.1) is 0 Å². The fourth-order valence-electron chi connectivity index (χ4n) is 3.76. The molecule has 0 radical (unpaired) electrons. The van der Waals surface area contributed by atoms with Crippen molar-refractivity contribution in [3.63, 3.8) is 0 Å². The van der Waals surface area contributed by atoms with E-state index in [4.69, 9.17) is 5.73 Å². The van der Waals surface area contributed by atoms with E-state index >= 15 is 0 Å². The molecule has 1 aromatic rings. The Morgan fingerprint density at radius 2 is 2.37 bits per heavy atom. The van der Waals surface area contributed by atoms with E-state index in [1.165, 1.54) is 25.7 Å². The van der Waals surface area contributed by atoms with Gasteiger partial charge in [-0.25, -0.2) is 0 Å². The van der Waals surface area contributed by atoms with E-state index in [1.54, 1.807) is 17.9 Å². The molecule has 3 rings (SSSR count). The maximum atomic E-state index is 12.0. The first kappa shape index (κ1) is 12.5. The topological polar surface area (TPSA) is 72.9 Å². The highest BCUT2D eigenvalue weighted by Crippen LogP contribution is 2.49. The molecule has 0 saturated heterocycles. The first-order chi connectivity index (χ1) is 9.13. The van der Waals surface area contributed by atoms with Crippen molar-refractivity contribution in [1.29, 1.82) is 0 Å². The molecule has 2 aliphatic rings. The van der Waals surface area contributed by atoms with Gasteiger partial charge in [-0.2, -0.15) is 5.10 Å². The van der Waals surface area contributed by atoms with Crippen LogP contribution in [0.25, 0.3) is 0 Å². The third kappa shape index (κ3) is 2.46. The van der Waals surface area contributed by atoms with Gasteiger partial charge in [-0.3, -0.25) is 9.48 Å². The van der Waals surface area contributed by atoms with E-state index in [-0.39, 0.29) is 5.91 Å². The molecule has 3 unspecified atom stereocenters. The van der Waals surface area contributed by atoms with Gasteiger partial charge in [0.05, 0.1) is 6.20 Å². The molecule has 2 saturated carbocycles. The quantitative estimate of drug-likeness (QED) is 0.862. The molecule has 5 nitrogen and oxygen atoms in total. The van der Waals surface area contributed by atoms with E-state index in [0.717, 1.165) is 17.4 Å². The zero-order valence-corrected chi connectivity index (χ0v) is 11.4. The van der Waals surface area contributed by atoms with Crippen LogP contribution in [0.15, 0.2) is 6.20 Å². The number of nitrogens with one attached hydrogen (secondary N) is 1. The molecule has 0 spiro atoms. The van der Waals surface area contributed by atoms with Gasteiger partial charge in [0.15, 0.2) is 0 Å². The van der Waals surface area contributed by atoms with E-state index in [0.29, 0.717) is 24.7 Å². The summed E-state index contributed by atoms with van der Waals surface area (Å²) in [5.74, 6) is 3.10. The summed E-state index contributed by atoms with van der Waals surface area (Å²) < 4.78 is 1.62. The number of hydrogen-bond acceptors (Lipinski definition) is 3. The molecule has 0 aromatic carbocycles. The molecule has 5 heteroatoms. The lowest BCUT2D eigenvalue weighted by molar-refractivity contribution is -0.122. The van der Waals surface area contributed by atoms with Crippen molar-refractivity contribution < 1.29 is 4.79 Å². The van der Waals surface area contributed by atoms with E-state index in [9.17, 15) is 4.79 Å². The summed E-state index contributed by atoms with van der Waals surface area (Å²) in [4.78, 5) is 12.0. The number of anilines is 1. The summed E-state index contributed by atoms with van der Waals surface area (Å²) in [6.07, 6.45) is 7.72. The number of aryl methyl sites for hydroxylation is 1. The van der Waals surface area contributed by atoms with Gasteiger partial charge >= 0.3 is 0 Å². The molecular weight excluding hydrogens is 240 g/mol. The highest BCUT2D eigenvalue weighted by Gasteiger charge is 2.39. The Bertz CT molecular complexity index is 482. The highest BCUT2D eigenvalue weighted by atomic mass is 16.1. The Hall–Kier alpha value is -1.52. The summed E-state index contributed by atoms with van der Waals surface area (Å²) in [6.45, 7) is 0.485. The molecule has 19 heavy (non-hydrogen) atoms. The van der Waals surface area contributed by atoms with Crippen molar-refractivity contribution in [3.05, 3.63) is 11.8 Å². The van der Waals surface area contributed by atoms with Crippen molar-refractivity contribution >= 4 is 11.7 Å². The van der Waals surface area contributed by atoms with Crippen LogP contribution >= 0.6 is 0 Å². The predicted molar refractivity (Wildman–Crippen MR) is 73.0 cm³/mol. The molecule has 3 N–H and O–H groups in total. The molecule has 1 heterocycles. The number of nitrogens with zero attached hydrogens (tertiary/aromatic N) is 2. The van der Waals surface area contributed by atoms with Gasteiger partial charge in [-0.1, -0.05) is 6.42 Å². The van der Waals surface area contributed by atoms with Crippen LogP contribution in [0.3, 0.4) is 0 Å². The first-order valence-corrected chi connectivity index (χ1v) is 7.16. The van der Waals surface area contributed by atoms with Crippen LogP contribution < -0.4 is 11.1 Å². The number of amides is 1. The number of carbonyl (C=O) groups excluding carboxylic acids is 1. The standard InChI is InChI=1S/C14H22N4O/c1-18-14(15)12(8-17-18)7-16-13(19)6-11-5-9-2-3-10(11)4-9/h8-11H,2-7,15H2,1H3,(H,16,19). The van der Waals surface area contributed by atoms with Gasteiger partial charge in [0, 0.05) is 25.6 Å². The van der Waals surface area contributed by atoms with Crippen LogP contribution in [-0.2, 0) is 18.4 Å². The smallest absolute Gasteiger partial charge is 0.220 e. The fraction of sp³-hybridized carbons (Fsp3) is 0.714. The number of aromatic nitrogens is 2. The van der Waals surface area contributed by atoms with Gasteiger partial charge in [0.1, 0.15) is 5.82 Å². The Balaban J connectivity index is 1.48. The summed E-state index contributed by atoms with van der Waals surface area (Å²) in [5.41, 5.74) is 6.74. The van der Waals surface area contributed by atoms with Crippen LogP contribution in [0.4, 0.5) is 5.82 Å². The summed E-state index contributed by atoms with van der Waals surface area (Å²) >= 11 is 0. The fourth-order valence-corrected chi connectivity index (χ4v) is 3.76. The summed E-state index contributed by atoms with van der Waals surface area (Å²) in [5, 5.41) is 7.04. The van der Waals surface area contributed by atoms with Crippen molar-refractivity contribution in [2.45, 2.75) is 38.6 Å².